The predicted molar refractivity (Wildman–Crippen MR) is 87.3 cm³/mol. The van der Waals surface area contributed by atoms with Crippen LogP contribution in [-0.4, -0.2) is 25.2 Å². The summed E-state index contributed by atoms with van der Waals surface area (Å²) >= 11 is 0. The maximum absolute atomic E-state index is 12.0. The van der Waals surface area contributed by atoms with Crippen LogP contribution in [-0.2, 0) is 12.8 Å². The lowest BCUT2D eigenvalue weighted by atomic mass is 9.86. The average molecular weight is 302 g/mol. The van der Waals surface area contributed by atoms with Gasteiger partial charge in [-0.3, -0.25) is 0 Å². The Kier molecular flexibility index (Phi) is 4.86. The number of urea groups is 1. The van der Waals surface area contributed by atoms with Crippen LogP contribution in [0.15, 0.2) is 18.2 Å². The number of hydrogen-bond donors (Lipinski definition) is 2. The summed E-state index contributed by atoms with van der Waals surface area (Å²) in [6.45, 7) is 3.70. The van der Waals surface area contributed by atoms with E-state index in [1.165, 1.54) is 30.4 Å². The molecule has 1 aromatic rings. The van der Waals surface area contributed by atoms with Crippen LogP contribution < -0.4 is 15.4 Å². The number of hydrogen-bond acceptors (Lipinski definition) is 2. The van der Waals surface area contributed by atoms with Gasteiger partial charge in [0.15, 0.2) is 0 Å². The van der Waals surface area contributed by atoms with Gasteiger partial charge in [-0.15, -0.1) is 0 Å². The summed E-state index contributed by atoms with van der Waals surface area (Å²) in [6, 6.07) is 6.65. The van der Waals surface area contributed by atoms with E-state index < -0.39 is 0 Å². The highest BCUT2D eigenvalue weighted by atomic mass is 16.5. The van der Waals surface area contributed by atoms with Gasteiger partial charge in [-0.2, -0.15) is 0 Å². The number of rotatable bonds is 4. The monoisotopic (exact) mass is 302 g/mol. The fourth-order valence-electron chi connectivity index (χ4n) is 3.47. The summed E-state index contributed by atoms with van der Waals surface area (Å²) in [5.41, 5.74) is 2.55. The number of nitrogens with one attached hydrogen (secondary N) is 2. The second-order valence-electron chi connectivity index (χ2n) is 6.56. The molecule has 2 aliphatic rings. The van der Waals surface area contributed by atoms with Crippen molar-refractivity contribution >= 4 is 6.03 Å². The number of fused-ring (bicyclic) bond motifs is 1. The Morgan fingerprint density at radius 1 is 1.32 bits per heavy atom. The van der Waals surface area contributed by atoms with Gasteiger partial charge < -0.3 is 15.4 Å². The van der Waals surface area contributed by atoms with E-state index in [9.17, 15) is 4.79 Å². The molecule has 0 bridgehead atoms. The van der Waals surface area contributed by atoms with Crippen molar-refractivity contribution < 1.29 is 9.53 Å². The second-order valence-corrected chi connectivity index (χ2v) is 6.56. The van der Waals surface area contributed by atoms with Crippen LogP contribution in [0.3, 0.4) is 0 Å². The Bertz CT molecular complexity index is 530. The van der Waals surface area contributed by atoms with E-state index in [1.54, 1.807) is 0 Å². The number of carbonyl (C=O) groups is 1. The molecule has 2 amide bonds. The number of amides is 2. The van der Waals surface area contributed by atoms with Crippen molar-refractivity contribution in [3.63, 3.8) is 0 Å². The summed E-state index contributed by atoms with van der Waals surface area (Å²) in [6.07, 6.45) is 6.72. The van der Waals surface area contributed by atoms with Crippen LogP contribution in [0, 0.1) is 5.92 Å². The third-order valence-electron chi connectivity index (χ3n) is 4.88. The molecule has 120 valence electrons. The standard InChI is InChI=1S/C18H26N2O2/c1-13-4-2-3-5-16(13)20-18(21)19-10-8-14-6-7-17-15(12-14)9-11-22-17/h6-7,12-13,16H,2-5,8-11H2,1H3,(H2,19,20,21). The zero-order valence-electron chi connectivity index (χ0n) is 13.4. The molecule has 1 aliphatic heterocycles. The van der Waals surface area contributed by atoms with Crippen molar-refractivity contribution in [2.75, 3.05) is 13.2 Å². The molecule has 4 nitrogen and oxygen atoms in total. The molecular weight excluding hydrogens is 276 g/mol. The molecule has 1 fully saturated rings. The lowest BCUT2D eigenvalue weighted by Gasteiger charge is -2.29. The van der Waals surface area contributed by atoms with Gasteiger partial charge in [0.25, 0.3) is 0 Å². The Balaban J connectivity index is 1.41. The first kappa shape index (κ1) is 15.2. The van der Waals surface area contributed by atoms with Gasteiger partial charge in [-0.1, -0.05) is 31.9 Å². The Labute approximate surface area is 132 Å². The van der Waals surface area contributed by atoms with Gasteiger partial charge in [-0.05, 0) is 42.4 Å². The van der Waals surface area contributed by atoms with Gasteiger partial charge in [0.05, 0.1) is 6.61 Å². The van der Waals surface area contributed by atoms with Gasteiger partial charge in [-0.25, -0.2) is 4.79 Å². The van der Waals surface area contributed by atoms with E-state index in [-0.39, 0.29) is 6.03 Å². The van der Waals surface area contributed by atoms with Crippen LogP contribution >= 0.6 is 0 Å². The zero-order valence-corrected chi connectivity index (χ0v) is 13.4. The largest absolute Gasteiger partial charge is 0.493 e. The third kappa shape index (κ3) is 3.73. The fraction of sp³-hybridized carbons (Fsp3) is 0.611. The van der Waals surface area contributed by atoms with Gasteiger partial charge in [0.2, 0.25) is 0 Å². The summed E-state index contributed by atoms with van der Waals surface area (Å²) in [5, 5.41) is 6.11. The summed E-state index contributed by atoms with van der Waals surface area (Å²) in [4.78, 5) is 12.0. The van der Waals surface area contributed by atoms with Gasteiger partial charge in [0.1, 0.15) is 5.75 Å². The maximum atomic E-state index is 12.0. The molecule has 0 aromatic heterocycles. The van der Waals surface area contributed by atoms with Gasteiger partial charge in [0, 0.05) is 19.0 Å². The SMILES string of the molecule is CC1CCCCC1NC(=O)NCCc1ccc2c(c1)CCO2. The quantitative estimate of drug-likeness (QED) is 0.898. The molecule has 0 saturated heterocycles. The van der Waals surface area contributed by atoms with Crippen molar-refractivity contribution in [3.8, 4) is 5.75 Å². The van der Waals surface area contributed by atoms with Crippen molar-refractivity contribution in [1.29, 1.82) is 0 Å². The number of benzene rings is 1. The highest BCUT2D eigenvalue weighted by Crippen LogP contribution is 2.26. The lowest BCUT2D eigenvalue weighted by molar-refractivity contribution is 0.222. The minimum atomic E-state index is -0.0248. The van der Waals surface area contributed by atoms with Crippen LogP contribution in [0.5, 0.6) is 5.75 Å². The number of ether oxygens (including phenoxy) is 1. The van der Waals surface area contributed by atoms with E-state index >= 15 is 0 Å². The van der Waals surface area contributed by atoms with Crippen molar-refractivity contribution in [2.45, 2.75) is 51.5 Å². The third-order valence-corrected chi connectivity index (χ3v) is 4.88. The average Bonchev–Trinajstić information content (AvgIpc) is 2.97. The van der Waals surface area contributed by atoms with Crippen LogP contribution in [0.2, 0.25) is 0 Å². The Hall–Kier alpha value is -1.71. The first-order valence-corrected chi connectivity index (χ1v) is 8.51. The topological polar surface area (TPSA) is 50.4 Å². The van der Waals surface area contributed by atoms with Crippen LogP contribution in [0.4, 0.5) is 4.79 Å². The molecule has 1 aliphatic carbocycles. The van der Waals surface area contributed by atoms with E-state index in [1.807, 2.05) is 6.07 Å². The highest BCUT2D eigenvalue weighted by Gasteiger charge is 2.22. The molecule has 0 spiro atoms. The predicted octanol–water partition coefficient (Wildman–Crippen LogP) is 3.04. The molecule has 1 heterocycles. The minimum Gasteiger partial charge on any atom is -0.493 e. The molecule has 4 heteroatoms. The highest BCUT2D eigenvalue weighted by molar-refractivity contribution is 5.74. The summed E-state index contributed by atoms with van der Waals surface area (Å²) in [5.74, 6) is 1.61. The lowest BCUT2D eigenvalue weighted by Crippen LogP contribution is -2.46. The smallest absolute Gasteiger partial charge is 0.315 e. The first-order chi connectivity index (χ1) is 10.7. The molecule has 2 N–H and O–H groups in total. The van der Waals surface area contributed by atoms with E-state index in [0.717, 1.165) is 31.6 Å². The first-order valence-electron chi connectivity index (χ1n) is 8.51. The van der Waals surface area contributed by atoms with E-state index in [0.29, 0.717) is 18.5 Å². The summed E-state index contributed by atoms with van der Waals surface area (Å²) in [7, 11) is 0. The maximum Gasteiger partial charge on any atom is 0.315 e. The number of carbonyl (C=O) groups excluding carboxylic acids is 1. The van der Waals surface area contributed by atoms with Gasteiger partial charge >= 0.3 is 6.03 Å². The molecule has 1 saturated carbocycles. The molecule has 2 atom stereocenters. The van der Waals surface area contributed by atoms with Crippen LogP contribution in [0.25, 0.3) is 0 Å². The summed E-state index contributed by atoms with van der Waals surface area (Å²) < 4.78 is 5.51. The zero-order chi connectivity index (χ0) is 15.4. The van der Waals surface area contributed by atoms with Crippen LogP contribution in [0.1, 0.15) is 43.7 Å². The molecular formula is C18H26N2O2. The molecule has 2 unspecified atom stereocenters. The van der Waals surface area contributed by atoms with Crippen molar-refractivity contribution in [2.24, 2.45) is 5.92 Å². The molecule has 1 aromatic carbocycles. The normalized spacial score (nSPS) is 23.5. The van der Waals surface area contributed by atoms with E-state index in [4.69, 9.17) is 4.74 Å². The minimum absolute atomic E-state index is 0.0248. The fourth-order valence-corrected chi connectivity index (χ4v) is 3.47. The molecule has 0 radical (unpaired) electrons. The van der Waals surface area contributed by atoms with Crippen molar-refractivity contribution in [1.82, 2.24) is 10.6 Å². The van der Waals surface area contributed by atoms with Crippen molar-refractivity contribution in [3.05, 3.63) is 29.3 Å². The Morgan fingerprint density at radius 3 is 3.05 bits per heavy atom. The Morgan fingerprint density at radius 2 is 2.18 bits per heavy atom. The molecule has 22 heavy (non-hydrogen) atoms. The molecule has 3 rings (SSSR count). The second kappa shape index (κ2) is 7.03. The van der Waals surface area contributed by atoms with E-state index in [2.05, 4.69) is 29.7 Å².